The Morgan fingerprint density at radius 1 is 1.11 bits per heavy atom. The van der Waals surface area contributed by atoms with E-state index in [1.54, 1.807) is 10.6 Å². The second kappa shape index (κ2) is 7.52. The zero-order chi connectivity index (χ0) is 19.7. The van der Waals surface area contributed by atoms with E-state index >= 15 is 0 Å². The molecule has 0 unspecified atom stereocenters. The van der Waals surface area contributed by atoms with Gasteiger partial charge in [-0.2, -0.15) is 0 Å². The van der Waals surface area contributed by atoms with Gasteiger partial charge in [-0.1, -0.05) is 29.8 Å². The molecule has 0 aliphatic heterocycles. The maximum Gasteiger partial charge on any atom is 0.262 e. The minimum Gasteiger partial charge on any atom is -0.490 e. The van der Waals surface area contributed by atoms with Gasteiger partial charge in [0.1, 0.15) is 0 Å². The van der Waals surface area contributed by atoms with Gasteiger partial charge < -0.3 is 10.1 Å². The van der Waals surface area contributed by atoms with Crippen LogP contribution in [0.5, 0.6) is 5.75 Å². The number of halogens is 1. The molecule has 0 radical (unpaired) electrons. The van der Waals surface area contributed by atoms with Crippen LogP contribution >= 0.6 is 11.6 Å². The van der Waals surface area contributed by atoms with Crippen LogP contribution in [0.3, 0.4) is 0 Å². The van der Waals surface area contributed by atoms with Crippen molar-refractivity contribution >= 4 is 34.0 Å². The Hall–Kier alpha value is -3.06. The van der Waals surface area contributed by atoms with Crippen molar-refractivity contribution in [3.8, 4) is 5.75 Å². The summed E-state index contributed by atoms with van der Waals surface area (Å²) in [5.74, 6) is 1.82. The Labute approximate surface area is 166 Å². The van der Waals surface area contributed by atoms with Crippen molar-refractivity contribution in [2.75, 3.05) is 11.9 Å². The molecule has 0 aliphatic carbocycles. The van der Waals surface area contributed by atoms with Crippen LogP contribution in [0.15, 0.2) is 47.3 Å². The lowest BCUT2D eigenvalue weighted by atomic mass is 10.2. The van der Waals surface area contributed by atoms with Crippen molar-refractivity contribution < 1.29 is 4.74 Å². The first-order chi connectivity index (χ1) is 13.7. The van der Waals surface area contributed by atoms with Gasteiger partial charge in [0.05, 0.1) is 34.8 Å². The first-order valence-corrected chi connectivity index (χ1v) is 9.54. The molecule has 0 fully saturated rings. The summed E-state index contributed by atoms with van der Waals surface area (Å²) in [5.41, 5.74) is 1.50. The van der Waals surface area contributed by atoms with Crippen LogP contribution in [0.25, 0.3) is 16.7 Å². The smallest absolute Gasteiger partial charge is 0.262 e. The first-order valence-electron chi connectivity index (χ1n) is 9.16. The molecule has 0 amide bonds. The summed E-state index contributed by atoms with van der Waals surface area (Å²) in [6.45, 7) is 5.26. The molecule has 2 heterocycles. The number of anilines is 1. The maximum atomic E-state index is 12.8. The van der Waals surface area contributed by atoms with Crippen molar-refractivity contribution in [2.24, 2.45) is 0 Å². The molecule has 0 spiro atoms. The van der Waals surface area contributed by atoms with E-state index in [1.165, 1.54) is 0 Å². The predicted molar refractivity (Wildman–Crippen MR) is 110 cm³/mol. The van der Waals surface area contributed by atoms with Crippen LogP contribution in [0.4, 0.5) is 5.69 Å². The van der Waals surface area contributed by atoms with Gasteiger partial charge in [-0.3, -0.25) is 13.8 Å². The van der Waals surface area contributed by atoms with Crippen molar-refractivity contribution in [1.29, 1.82) is 0 Å². The van der Waals surface area contributed by atoms with Crippen molar-refractivity contribution in [3.63, 3.8) is 0 Å². The van der Waals surface area contributed by atoms with Crippen molar-refractivity contribution in [2.45, 2.75) is 26.9 Å². The van der Waals surface area contributed by atoms with E-state index in [1.807, 2.05) is 54.6 Å². The van der Waals surface area contributed by atoms with Gasteiger partial charge in [-0.15, -0.1) is 10.2 Å². The molecule has 0 saturated carbocycles. The number of hydrogen-bond acceptors (Lipinski definition) is 5. The largest absolute Gasteiger partial charge is 0.490 e. The SMILES string of the molecule is CCOc1c(Cl)cccc1NCc1nnc2n(CC)c(=O)c3ccccc3n12. The third-order valence-corrected chi connectivity index (χ3v) is 4.88. The van der Waals surface area contributed by atoms with E-state index in [2.05, 4.69) is 15.5 Å². The number of nitrogens with zero attached hydrogens (tertiary/aromatic N) is 4. The third-order valence-electron chi connectivity index (χ3n) is 4.58. The molecule has 144 valence electrons. The average Bonchev–Trinajstić information content (AvgIpc) is 3.13. The van der Waals surface area contributed by atoms with Crippen LogP contribution in [-0.4, -0.2) is 25.8 Å². The molecule has 4 rings (SSSR count). The topological polar surface area (TPSA) is 73.4 Å². The van der Waals surface area contributed by atoms with Gasteiger partial charge in [0.25, 0.3) is 5.56 Å². The highest BCUT2D eigenvalue weighted by atomic mass is 35.5. The fraction of sp³-hybridized carbons (Fsp3) is 0.250. The summed E-state index contributed by atoms with van der Waals surface area (Å²) >= 11 is 6.26. The van der Waals surface area contributed by atoms with E-state index in [9.17, 15) is 4.79 Å². The Morgan fingerprint density at radius 3 is 2.71 bits per heavy atom. The summed E-state index contributed by atoms with van der Waals surface area (Å²) < 4.78 is 9.21. The van der Waals surface area contributed by atoms with Crippen LogP contribution in [0.2, 0.25) is 5.02 Å². The highest BCUT2D eigenvalue weighted by Crippen LogP contribution is 2.33. The molecule has 0 saturated heterocycles. The highest BCUT2D eigenvalue weighted by molar-refractivity contribution is 6.32. The summed E-state index contributed by atoms with van der Waals surface area (Å²) in [7, 11) is 0. The van der Waals surface area contributed by atoms with E-state index < -0.39 is 0 Å². The average molecular weight is 398 g/mol. The number of ether oxygens (including phenoxy) is 1. The number of aryl methyl sites for hydroxylation is 1. The standard InChI is InChI=1S/C20H20ClN5O2/c1-3-25-19(27)13-8-5-6-11-16(13)26-17(23-24-20(25)26)12-22-15-10-7-9-14(21)18(15)28-4-2/h5-11,22H,3-4,12H2,1-2H3. The van der Waals surface area contributed by atoms with Crippen LogP contribution in [0, 0.1) is 0 Å². The van der Waals surface area contributed by atoms with Gasteiger partial charge >= 0.3 is 0 Å². The molecule has 4 aromatic rings. The highest BCUT2D eigenvalue weighted by Gasteiger charge is 2.16. The first kappa shape index (κ1) is 18.3. The molecular formula is C20H20ClN5O2. The number of benzene rings is 2. The van der Waals surface area contributed by atoms with E-state index in [0.717, 1.165) is 11.2 Å². The maximum absolute atomic E-state index is 12.8. The summed E-state index contributed by atoms with van der Waals surface area (Å²) in [4.78, 5) is 12.8. The summed E-state index contributed by atoms with van der Waals surface area (Å²) in [6, 6.07) is 13.0. The van der Waals surface area contributed by atoms with Crippen LogP contribution in [-0.2, 0) is 13.1 Å². The zero-order valence-electron chi connectivity index (χ0n) is 15.6. The monoisotopic (exact) mass is 397 g/mol. The van der Waals surface area contributed by atoms with Gasteiger partial charge in [-0.25, -0.2) is 0 Å². The Kier molecular flexibility index (Phi) is 4.92. The summed E-state index contributed by atoms with van der Waals surface area (Å²) in [5, 5.41) is 13.1. The summed E-state index contributed by atoms with van der Waals surface area (Å²) in [6.07, 6.45) is 0. The Balaban J connectivity index is 1.80. The van der Waals surface area contributed by atoms with E-state index in [0.29, 0.717) is 47.5 Å². The molecule has 28 heavy (non-hydrogen) atoms. The van der Waals surface area contributed by atoms with Gasteiger partial charge in [0.2, 0.25) is 5.78 Å². The second-order valence-corrected chi connectivity index (χ2v) is 6.63. The minimum atomic E-state index is -0.0639. The van der Waals surface area contributed by atoms with E-state index in [4.69, 9.17) is 16.3 Å². The number of fused-ring (bicyclic) bond motifs is 3. The molecule has 1 N–H and O–H groups in total. The molecule has 0 aliphatic rings. The Bertz CT molecular complexity index is 1210. The fourth-order valence-electron chi connectivity index (χ4n) is 3.33. The normalized spacial score (nSPS) is 11.2. The minimum absolute atomic E-state index is 0.0639. The quantitative estimate of drug-likeness (QED) is 0.536. The lowest BCUT2D eigenvalue weighted by Gasteiger charge is -2.14. The van der Waals surface area contributed by atoms with Crippen LogP contribution < -0.4 is 15.6 Å². The molecular weight excluding hydrogens is 378 g/mol. The third kappa shape index (κ3) is 2.97. The number of para-hydroxylation sites is 2. The molecule has 0 atom stereocenters. The van der Waals surface area contributed by atoms with Crippen molar-refractivity contribution in [1.82, 2.24) is 19.2 Å². The lowest BCUT2D eigenvalue weighted by Crippen LogP contribution is -2.23. The predicted octanol–water partition coefficient (Wildman–Crippen LogP) is 3.73. The van der Waals surface area contributed by atoms with Gasteiger partial charge in [-0.05, 0) is 38.1 Å². The van der Waals surface area contributed by atoms with E-state index in [-0.39, 0.29) is 5.56 Å². The van der Waals surface area contributed by atoms with Crippen molar-refractivity contribution in [3.05, 3.63) is 63.7 Å². The van der Waals surface area contributed by atoms with Crippen LogP contribution in [0.1, 0.15) is 19.7 Å². The van der Waals surface area contributed by atoms with Gasteiger partial charge in [0, 0.05) is 6.54 Å². The zero-order valence-corrected chi connectivity index (χ0v) is 16.4. The molecule has 7 nitrogen and oxygen atoms in total. The fourth-order valence-corrected chi connectivity index (χ4v) is 3.56. The molecule has 8 heteroatoms. The number of nitrogens with one attached hydrogen (secondary N) is 1. The molecule has 0 bridgehead atoms. The van der Waals surface area contributed by atoms with Gasteiger partial charge in [0.15, 0.2) is 11.6 Å². The molecule has 2 aromatic heterocycles. The second-order valence-electron chi connectivity index (χ2n) is 6.22. The Morgan fingerprint density at radius 2 is 1.93 bits per heavy atom. The lowest BCUT2D eigenvalue weighted by molar-refractivity contribution is 0.342. The number of rotatable bonds is 6. The number of aromatic nitrogens is 4. The number of hydrogen-bond donors (Lipinski definition) is 1. The molecule has 2 aromatic carbocycles.